The average Bonchev–Trinajstić information content (AvgIpc) is 3.00. The Morgan fingerprint density at radius 2 is 1.93 bits per heavy atom. The van der Waals surface area contributed by atoms with Crippen LogP contribution >= 0.6 is 0 Å². The number of allylic oxidation sites excluding steroid dienone is 2. The third kappa shape index (κ3) is 3.57. The fourth-order valence-corrected chi connectivity index (χ4v) is 8.59. The zero-order chi connectivity index (χ0) is 21.0. The molecule has 1 unspecified atom stereocenters. The summed E-state index contributed by atoms with van der Waals surface area (Å²) in [4.78, 5) is 0. The Bertz CT molecular complexity index is 676. The maximum atomic E-state index is 11.5. The molecule has 2 N–H and O–H groups in total. The van der Waals surface area contributed by atoms with Crippen molar-refractivity contribution in [3.05, 3.63) is 23.8 Å². The molecule has 2 heteroatoms. The van der Waals surface area contributed by atoms with Crippen molar-refractivity contribution in [3.63, 3.8) is 0 Å². The largest absolute Gasteiger partial charge is 0.393 e. The highest BCUT2D eigenvalue weighted by molar-refractivity contribution is 5.25. The molecule has 0 saturated heterocycles. The van der Waals surface area contributed by atoms with Crippen molar-refractivity contribution < 1.29 is 10.2 Å². The molecule has 0 bridgehead atoms. The van der Waals surface area contributed by atoms with Gasteiger partial charge in [0.15, 0.2) is 0 Å². The van der Waals surface area contributed by atoms with Crippen molar-refractivity contribution in [1.29, 1.82) is 0 Å². The number of aliphatic hydroxyl groups is 2. The lowest BCUT2D eigenvalue weighted by molar-refractivity contribution is -0.105. The molecule has 3 fully saturated rings. The predicted octanol–water partition coefficient (Wildman–Crippen LogP) is 6.42. The molecule has 0 amide bonds. The van der Waals surface area contributed by atoms with Crippen molar-refractivity contribution in [2.24, 2.45) is 34.5 Å². The SMILES string of the molecule is C=C(C)CCCC(C)(O)[C@H]1CC[C@H]2[C@@H]3CC=C4C[C@@H](O)CC[C@]4(C)[C@H]3CC[C@]12C. The summed E-state index contributed by atoms with van der Waals surface area (Å²) in [7, 11) is 0. The quantitative estimate of drug-likeness (QED) is 0.522. The van der Waals surface area contributed by atoms with Gasteiger partial charge >= 0.3 is 0 Å². The molecule has 0 aromatic heterocycles. The third-order valence-electron chi connectivity index (χ3n) is 10.1. The number of aliphatic hydroxyl groups excluding tert-OH is 1. The third-order valence-corrected chi connectivity index (χ3v) is 10.1. The lowest BCUT2D eigenvalue weighted by atomic mass is 9.46. The van der Waals surface area contributed by atoms with Crippen LogP contribution < -0.4 is 0 Å². The molecule has 164 valence electrons. The van der Waals surface area contributed by atoms with E-state index in [9.17, 15) is 10.2 Å². The van der Waals surface area contributed by atoms with E-state index in [-0.39, 0.29) is 11.5 Å². The minimum absolute atomic E-state index is 0.120. The molecule has 3 saturated carbocycles. The number of fused-ring (bicyclic) bond motifs is 5. The summed E-state index contributed by atoms with van der Waals surface area (Å²) < 4.78 is 0. The summed E-state index contributed by atoms with van der Waals surface area (Å²) in [5.74, 6) is 2.73. The van der Waals surface area contributed by atoms with Crippen LogP contribution in [-0.2, 0) is 0 Å². The van der Waals surface area contributed by atoms with Crippen LogP contribution in [0.15, 0.2) is 23.8 Å². The van der Waals surface area contributed by atoms with Crippen LogP contribution in [-0.4, -0.2) is 21.9 Å². The summed E-state index contributed by atoms with van der Waals surface area (Å²) in [5.41, 5.74) is 2.82. The second-order valence-corrected chi connectivity index (χ2v) is 12.0. The van der Waals surface area contributed by atoms with Gasteiger partial charge in [-0.1, -0.05) is 31.1 Å². The van der Waals surface area contributed by atoms with Crippen molar-refractivity contribution in [1.82, 2.24) is 0 Å². The van der Waals surface area contributed by atoms with Crippen LogP contribution in [0.2, 0.25) is 0 Å². The maximum absolute atomic E-state index is 11.5. The predicted molar refractivity (Wildman–Crippen MR) is 120 cm³/mol. The van der Waals surface area contributed by atoms with Crippen molar-refractivity contribution in [2.75, 3.05) is 0 Å². The normalized spacial score (nSPS) is 46.1. The average molecular weight is 401 g/mol. The zero-order valence-corrected chi connectivity index (χ0v) is 19.3. The Morgan fingerprint density at radius 1 is 1.17 bits per heavy atom. The van der Waals surface area contributed by atoms with E-state index in [1.54, 1.807) is 5.57 Å². The topological polar surface area (TPSA) is 40.5 Å². The van der Waals surface area contributed by atoms with Crippen LogP contribution in [0, 0.1) is 34.5 Å². The second kappa shape index (κ2) is 7.52. The van der Waals surface area contributed by atoms with Crippen molar-refractivity contribution in [3.8, 4) is 0 Å². The minimum atomic E-state index is -0.555. The molecule has 8 atom stereocenters. The number of rotatable bonds is 5. The highest BCUT2D eigenvalue weighted by Crippen LogP contribution is 2.67. The first-order valence-corrected chi connectivity index (χ1v) is 12.3. The molecule has 0 heterocycles. The molecule has 29 heavy (non-hydrogen) atoms. The lowest BCUT2D eigenvalue weighted by Gasteiger charge is -2.59. The fourth-order valence-electron chi connectivity index (χ4n) is 8.59. The summed E-state index contributed by atoms with van der Waals surface area (Å²) in [5, 5.41) is 21.7. The van der Waals surface area contributed by atoms with Gasteiger partial charge in [-0.15, -0.1) is 6.58 Å². The molecule has 0 spiro atoms. The van der Waals surface area contributed by atoms with Crippen LogP contribution in [0.3, 0.4) is 0 Å². The van der Waals surface area contributed by atoms with E-state index in [2.05, 4.69) is 40.3 Å². The molecular formula is C27H44O2. The zero-order valence-electron chi connectivity index (χ0n) is 19.3. The van der Waals surface area contributed by atoms with Crippen molar-refractivity contribution >= 4 is 0 Å². The van der Waals surface area contributed by atoms with Gasteiger partial charge in [0.05, 0.1) is 11.7 Å². The molecule has 0 aromatic rings. The fraction of sp³-hybridized carbons (Fsp3) is 0.852. The van der Waals surface area contributed by atoms with Gasteiger partial charge in [0.2, 0.25) is 0 Å². The minimum Gasteiger partial charge on any atom is -0.393 e. The molecule has 4 aliphatic rings. The van der Waals surface area contributed by atoms with Gasteiger partial charge in [-0.05, 0) is 119 Å². The maximum Gasteiger partial charge on any atom is 0.0653 e. The molecular weight excluding hydrogens is 356 g/mol. The Labute approximate surface area is 178 Å². The first kappa shape index (κ1) is 21.6. The summed E-state index contributed by atoms with van der Waals surface area (Å²) in [6.45, 7) is 13.3. The van der Waals surface area contributed by atoms with E-state index in [0.29, 0.717) is 11.3 Å². The first-order valence-electron chi connectivity index (χ1n) is 12.3. The van der Waals surface area contributed by atoms with Crippen LogP contribution in [0.25, 0.3) is 0 Å². The van der Waals surface area contributed by atoms with Gasteiger partial charge in [0.25, 0.3) is 0 Å². The smallest absolute Gasteiger partial charge is 0.0653 e. The van der Waals surface area contributed by atoms with E-state index in [0.717, 1.165) is 56.3 Å². The first-order chi connectivity index (χ1) is 13.6. The van der Waals surface area contributed by atoms with Gasteiger partial charge in [-0.3, -0.25) is 0 Å². The summed E-state index contributed by atoms with van der Waals surface area (Å²) >= 11 is 0. The van der Waals surface area contributed by atoms with Gasteiger partial charge in [0, 0.05) is 0 Å². The van der Waals surface area contributed by atoms with Gasteiger partial charge < -0.3 is 10.2 Å². The van der Waals surface area contributed by atoms with E-state index in [1.807, 2.05) is 0 Å². The Balaban J connectivity index is 1.53. The molecule has 0 radical (unpaired) electrons. The Kier molecular flexibility index (Phi) is 5.61. The standard InChI is InChI=1S/C27H44O2/c1-18(2)7-6-14-27(5,29)24-11-10-22-21-9-8-19-17-20(28)12-15-25(19,3)23(21)13-16-26(22,24)4/h8,20-24,28-29H,1,6-7,9-17H2,2-5H3/t20-,21-,22-,23-,24-,25-,26-,27?/m0/s1. The summed E-state index contributed by atoms with van der Waals surface area (Å²) in [6.07, 6.45) is 14.7. The molecule has 4 rings (SSSR count). The Morgan fingerprint density at radius 3 is 2.66 bits per heavy atom. The summed E-state index contributed by atoms with van der Waals surface area (Å²) in [6, 6.07) is 0. The second-order valence-electron chi connectivity index (χ2n) is 12.0. The molecule has 0 aliphatic heterocycles. The van der Waals surface area contributed by atoms with E-state index < -0.39 is 5.60 Å². The van der Waals surface area contributed by atoms with Gasteiger partial charge in [0.1, 0.15) is 0 Å². The number of hydrogen-bond acceptors (Lipinski definition) is 2. The molecule has 0 aromatic carbocycles. The van der Waals surface area contributed by atoms with E-state index >= 15 is 0 Å². The number of hydrogen-bond donors (Lipinski definition) is 2. The Hall–Kier alpha value is -0.600. The molecule has 2 nitrogen and oxygen atoms in total. The molecule has 4 aliphatic carbocycles. The van der Waals surface area contributed by atoms with Crippen LogP contribution in [0.5, 0.6) is 0 Å². The van der Waals surface area contributed by atoms with E-state index in [4.69, 9.17) is 0 Å². The van der Waals surface area contributed by atoms with E-state index in [1.165, 1.54) is 37.7 Å². The lowest BCUT2D eigenvalue weighted by Crippen LogP contribution is -2.53. The highest BCUT2D eigenvalue weighted by Gasteiger charge is 2.61. The highest BCUT2D eigenvalue weighted by atomic mass is 16.3. The van der Waals surface area contributed by atoms with Crippen molar-refractivity contribution in [2.45, 2.75) is 110 Å². The monoisotopic (exact) mass is 400 g/mol. The van der Waals surface area contributed by atoms with Crippen LogP contribution in [0.1, 0.15) is 98.3 Å². The van der Waals surface area contributed by atoms with Gasteiger partial charge in [-0.2, -0.15) is 0 Å². The van der Waals surface area contributed by atoms with Gasteiger partial charge in [-0.25, -0.2) is 0 Å². The van der Waals surface area contributed by atoms with Crippen LogP contribution in [0.4, 0.5) is 0 Å².